The van der Waals surface area contributed by atoms with Crippen LogP contribution in [0.3, 0.4) is 0 Å². The molecule has 1 aromatic rings. The van der Waals surface area contributed by atoms with E-state index in [1.54, 1.807) is 0 Å². The maximum atomic E-state index is 13.6. The summed E-state index contributed by atoms with van der Waals surface area (Å²) in [5.41, 5.74) is 1.54. The molecule has 1 spiro atoms. The first-order valence-corrected chi connectivity index (χ1v) is 13.3. The summed E-state index contributed by atoms with van der Waals surface area (Å²) in [6.07, 6.45) is 5.17. The molecule has 0 radical (unpaired) electrons. The van der Waals surface area contributed by atoms with E-state index in [0.717, 1.165) is 42.1 Å². The van der Waals surface area contributed by atoms with Crippen molar-refractivity contribution in [3.05, 3.63) is 46.1 Å². The van der Waals surface area contributed by atoms with Gasteiger partial charge in [-0.1, -0.05) is 41.9 Å². The minimum absolute atomic E-state index is 0.168. The van der Waals surface area contributed by atoms with Gasteiger partial charge in [-0.3, -0.25) is 0 Å². The Kier molecular flexibility index (Phi) is 7.59. The van der Waals surface area contributed by atoms with Crippen LogP contribution >= 0.6 is 15.9 Å². The summed E-state index contributed by atoms with van der Waals surface area (Å²) in [4.78, 5) is 0. The SMILES string of the molecule is C=C(OCC)[C@]1(N[S+]([O-])C(C)(C)C)c2cc(Br)ccc2C[C@@]12CC[C@H](OC)[C@@H](CC)C2. The highest BCUT2D eigenvalue weighted by molar-refractivity contribution is 9.10. The zero-order chi connectivity index (χ0) is 23.0. The Balaban J connectivity index is 2.22. The Labute approximate surface area is 200 Å². The number of methoxy groups -OCH3 is 1. The van der Waals surface area contributed by atoms with Crippen molar-refractivity contribution in [3.63, 3.8) is 0 Å². The van der Waals surface area contributed by atoms with Crippen LogP contribution in [0.2, 0.25) is 0 Å². The summed E-state index contributed by atoms with van der Waals surface area (Å²) >= 11 is 2.38. The predicted octanol–water partition coefficient (Wildman–Crippen LogP) is 6.01. The van der Waals surface area contributed by atoms with Gasteiger partial charge in [0.2, 0.25) is 0 Å². The largest absolute Gasteiger partial charge is 0.598 e. The molecule has 0 amide bonds. The van der Waals surface area contributed by atoms with Crippen LogP contribution in [-0.4, -0.2) is 29.1 Å². The Bertz CT molecular complexity index is 810. The molecule has 0 aliphatic heterocycles. The second kappa shape index (κ2) is 9.38. The highest BCUT2D eigenvalue weighted by Gasteiger charge is 2.64. The van der Waals surface area contributed by atoms with Gasteiger partial charge in [0.25, 0.3) is 0 Å². The van der Waals surface area contributed by atoms with Crippen molar-refractivity contribution in [3.8, 4) is 0 Å². The van der Waals surface area contributed by atoms with Gasteiger partial charge in [-0.2, -0.15) is 0 Å². The van der Waals surface area contributed by atoms with E-state index >= 15 is 0 Å². The molecule has 0 heterocycles. The normalized spacial score (nSPS) is 31.5. The summed E-state index contributed by atoms with van der Waals surface area (Å²) in [6.45, 7) is 15.2. The molecular weight excluding hydrogens is 474 g/mol. The first kappa shape index (κ1) is 25.1. The van der Waals surface area contributed by atoms with Gasteiger partial charge < -0.3 is 14.0 Å². The van der Waals surface area contributed by atoms with Crippen LogP contribution in [0.15, 0.2) is 35.0 Å². The van der Waals surface area contributed by atoms with Crippen molar-refractivity contribution in [1.29, 1.82) is 0 Å². The molecule has 4 nitrogen and oxygen atoms in total. The molecule has 6 heteroatoms. The molecule has 0 saturated heterocycles. The van der Waals surface area contributed by atoms with Crippen LogP contribution in [0, 0.1) is 11.3 Å². The standard InChI is InChI=1S/C25H38BrNO3S/c1-8-18-15-24(13-12-22(18)29-7)16-19-10-11-20(26)14-21(19)25(24,17(3)30-9-2)27-31(28)23(4,5)6/h10-11,14,18,22,27H,3,8-9,12-13,15-16H2,1-2,4-7H3/t18-,22-,24-,25-,31?/m0/s1. The van der Waals surface area contributed by atoms with Gasteiger partial charge in [0, 0.05) is 28.4 Å². The van der Waals surface area contributed by atoms with Crippen LogP contribution in [0.4, 0.5) is 0 Å². The van der Waals surface area contributed by atoms with Crippen LogP contribution in [0.1, 0.15) is 71.4 Å². The van der Waals surface area contributed by atoms with E-state index in [0.29, 0.717) is 18.3 Å². The highest BCUT2D eigenvalue weighted by atomic mass is 79.9. The Morgan fingerprint density at radius 2 is 2.06 bits per heavy atom. The summed E-state index contributed by atoms with van der Waals surface area (Å²) in [7, 11) is 1.82. The van der Waals surface area contributed by atoms with E-state index < -0.39 is 21.6 Å². The van der Waals surface area contributed by atoms with Crippen molar-refractivity contribution < 1.29 is 14.0 Å². The molecule has 2 aliphatic rings. The zero-order valence-electron chi connectivity index (χ0n) is 19.8. The van der Waals surface area contributed by atoms with Gasteiger partial charge in [-0.25, -0.2) is 0 Å². The smallest absolute Gasteiger partial charge is 0.151 e. The number of nitrogens with one attached hydrogen (secondary N) is 1. The molecule has 3 rings (SSSR count). The second-order valence-corrected chi connectivity index (χ2v) is 12.9. The average Bonchev–Trinajstić information content (AvgIpc) is 2.96. The lowest BCUT2D eigenvalue weighted by molar-refractivity contribution is -0.0547. The Morgan fingerprint density at radius 3 is 2.65 bits per heavy atom. The molecule has 0 aromatic heterocycles. The fourth-order valence-corrected chi connectivity index (χ4v) is 7.07. The van der Waals surface area contributed by atoms with Gasteiger partial charge >= 0.3 is 0 Å². The van der Waals surface area contributed by atoms with Crippen molar-refractivity contribution in [1.82, 2.24) is 4.72 Å². The number of ether oxygens (including phenoxy) is 2. The van der Waals surface area contributed by atoms with E-state index in [4.69, 9.17) is 9.47 Å². The van der Waals surface area contributed by atoms with E-state index in [1.807, 2.05) is 34.8 Å². The molecule has 1 aromatic carbocycles. The van der Waals surface area contributed by atoms with Crippen LogP contribution in [-0.2, 0) is 32.8 Å². The molecule has 31 heavy (non-hydrogen) atoms. The molecule has 1 unspecified atom stereocenters. The summed E-state index contributed by atoms with van der Waals surface area (Å²) in [6, 6.07) is 6.47. The number of fused-ring (bicyclic) bond motifs is 1. The maximum Gasteiger partial charge on any atom is 0.151 e. The summed E-state index contributed by atoms with van der Waals surface area (Å²) in [5.74, 6) is 1.12. The third-order valence-corrected chi connectivity index (χ3v) is 9.35. The molecule has 2 aliphatic carbocycles. The number of halogens is 1. The Hall–Kier alpha value is -0.530. The fourth-order valence-electron chi connectivity index (χ4n) is 5.68. The molecule has 1 saturated carbocycles. The number of rotatable bonds is 7. The first-order chi connectivity index (χ1) is 14.5. The maximum absolute atomic E-state index is 13.6. The third-order valence-electron chi connectivity index (χ3n) is 7.25. The fraction of sp³-hybridized carbons (Fsp3) is 0.680. The number of hydrogen-bond acceptors (Lipinski definition) is 4. The van der Waals surface area contributed by atoms with Gasteiger partial charge in [-0.05, 0) is 82.6 Å². The van der Waals surface area contributed by atoms with Crippen molar-refractivity contribution in [2.24, 2.45) is 11.3 Å². The van der Waals surface area contributed by atoms with Gasteiger partial charge in [0.05, 0.1) is 12.7 Å². The number of benzene rings is 1. The van der Waals surface area contributed by atoms with Crippen LogP contribution in [0.25, 0.3) is 0 Å². The molecule has 0 bridgehead atoms. The lowest BCUT2D eigenvalue weighted by Crippen LogP contribution is -2.61. The van der Waals surface area contributed by atoms with Gasteiger partial charge in [0.15, 0.2) is 5.54 Å². The van der Waals surface area contributed by atoms with Crippen molar-refractivity contribution in [2.45, 2.75) is 83.1 Å². The summed E-state index contributed by atoms with van der Waals surface area (Å²) in [5, 5.41) is 0. The van der Waals surface area contributed by atoms with Crippen molar-refractivity contribution >= 4 is 27.3 Å². The summed E-state index contributed by atoms with van der Waals surface area (Å²) < 4.78 is 29.8. The molecule has 174 valence electrons. The van der Waals surface area contributed by atoms with Crippen LogP contribution < -0.4 is 4.72 Å². The molecule has 1 N–H and O–H groups in total. The third kappa shape index (κ3) is 4.35. The van der Waals surface area contributed by atoms with Crippen molar-refractivity contribution in [2.75, 3.05) is 13.7 Å². The van der Waals surface area contributed by atoms with Gasteiger partial charge in [-0.15, -0.1) is 4.72 Å². The van der Waals surface area contributed by atoms with Gasteiger partial charge in [0.1, 0.15) is 10.5 Å². The average molecular weight is 513 g/mol. The lowest BCUT2D eigenvalue weighted by atomic mass is 9.58. The minimum atomic E-state index is -1.29. The molecule has 1 fully saturated rings. The lowest BCUT2D eigenvalue weighted by Gasteiger charge is -2.52. The van der Waals surface area contributed by atoms with E-state index in [9.17, 15) is 4.55 Å². The minimum Gasteiger partial charge on any atom is -0.598 e. The zero-order valence-corrected chi connectivity index (χ0v) is 22.2. The van der Waals surface area contributed by atoms with E-state index in [2.05, 4.69) is 52.4 Å². The quantitative estimate of drug-likeness (QED) is 0.359. The van der Waals surface area contributed by atoms with Crippen LogP contribution in [0.5, 0.6) is 0 Å². The molecular formula is C25H38BrNO3S. The highest BCUT2D eigenvalue weighted by Crippen LogP contribution is 2.62. The van der Waals surface area contributed by atoms with E-state index in [1.165, 1.54) is 5.56 Å². The monoisotopic (exact) mass is 511 g/mol. The van der Waals surface area contributed by atoms with E-state index in [-0.39, 0.29) is 11.5 Å². The number of hydrogen-bond donors (Lipinski definition) is 1. The second-order valence-electron chi connectivity index (χ2n) is 10.0. The molecule has 5 atom stereocenters. The predicted molar refractivity (Wildman–Crippen MR) is 132 cm³/mol. The first-order valence-electron chi connectivity index (χ1n) is 11.4. The Morgan fingerprint density at radius 1 is 1.35 bits per heavy atom. The topological polar surface area (TPSA) is 53.5 Å².